The van der Waals surface area contributed by atoms with Crippen LogP contribution in [0.1, 0.15) is 19.0 Å². The van der Waals surface area contributed by atoms with Crippen molar-refractivity contribution in [3.63, 3.8) is 0 Å². The average molecular weight is 312 g/mol. The number of hydrogen-bond acceptors (Lipinski definition) is 3. The molecular formula is C10H13BrF3N3. The van der Waals surface area contributed by atoms with Crippen LogP contribution in [-0.4, -0.2) is 28.6 Å². The van der Waals surface area contributed by atoms with Gasteiger partial charge in [-0.05, 0) is 18.6 Å². The van der Waals surface area contributed by atoms with Crippen LogP contribution in [0.15, 0.2) is 12.1 Å². The highest BCUT2D eigenvalue weighted by Crippen LogP contribution is 2.27. The van der Waals surface area contributed by atoms with Gasteiger partial charge in [0.05, 0.1) is 0 Å². The van der Waals surface area contributed by atoms with E-state index in [1.807, 2.05) is 6.92 Å². The number of rotatable bonds is 4. The van der Waals surface area contributed by atoms with Crippen molar-refractivity contribution in [2.75, 3.05) is 18.5 Å². The van der Waals surface area contributed by atoms with Crippen molar-refractivity contribution in [2.24, 2.45) is 0 Å². The molecule has 0 aliphatic rings. The molecule has 1 atom stereocenters. The van der Waals surface area contributed by atoms with Gasteiger partial charge in [0, 0.05) is 18.4 Å². The first kappa shape index (κ1) is 14.2. The van der Waals surface area contributed by atoms with Crippen molar-refractivity contribution in [1.82, 2.24) is 10.2 Å². The van der Waals surface area contributed by atoms with Crippen LogP contribution in [0.2, 0.25) is 0 Å². The molecule has 0 spiro atoms. The van der Waals surface area contributed by atoms with Crippen molar-refractivity contribution in [2.45, 2.75) is 24.3 Å². The molecule has 0 fully saturated rings. The normalized spacial score (nSPS) is 13.5. The van der Waals surface area contributed by atoms with Crippen LogP contribution in [0.25, 0.3) is 0 Å². The standard InChI is InChI=1S/C10H13BrF3N3/c1-7(11)5-6-17(2)9-4-3-8(15-16-9)10(12,13)14/h3-4,7H,5-6H2,1-2H3. The maximum atomic E-state index is 12.3. The maximum Gasteiger partial charge on any atom is 0.435 e. The number of halogens is 4. The van der Waals surface area contributed by atoms with Gasteiger partial charge in [-0.3, -0.25) is 0 Å². The van der Waals surface area contributed by atoms with Crippen LogP contribution in [0.4, 0.5) is 19.0 Å². The number of nitrogens with zero attached hydrogens (tertiary/aromatic N) is 3. The van der Waals surface area contributed by atoms with Gasteiger partial charge in [0.1, 0.15) is 0 Å². The second-order valence-corrected chi connectivity index (χ2v) is 5.33. The topological polar surface area (TPSA) is 29.0 Å². The lowest BCUT2D eigenvalue weighted by atomic mass is 10.3. The molecule has 96 valence electrons. The summed E-state index contributed by atoms with van der Waals surface area (Å²) in [5, 5.41) is 6.73. The van der Waals surface area contributed by atoms with Crippen LogP contribution in [0.5, 0.6) is 0 Å². The molecule has 0 N–H and O–H groups in total. The van der Waals surface area contributed by atoms with Gasteiger partial charge < -0.3 is 4.90 Å². The van der Waals surface area contributed by atoms with Crippen LogP contribution in [-0.2, 0) is 6.18 Å². The Labute approximate surface area is 106 Å². The van der Waals surface area contributed by atoms with Crippen molar-refractivity contribution < 1.29 is 13.2 Å². The molecule has 0 saturated heterocycles. The summed E-state index contributed by atoms with van der Waals surface area (Å²) in [6.07, 6.45) is -3.56. The molecule has 1 aromatic heterocycles. The van der Waals surface area contributed by atoms with E-state index in [9.17, 15) is 13.2 Å². The molecule has 17 heavy (non-hydrogen) atoms. The monoisotopic (exact) mass is 311 g/mol. The summed E-state index contributed by atoms with van der Waals surface area (Å²) in [7, 11) is 1.77. The van der Waals surface area contributed by atoms with Crippen LogP contribution in [0.3, 0.4) is 0 Å². The van der Waals surface area contributed by atoms with E-state index in [2.05, 4.69) is 26.1 Å². The Morgan fingerprint density at radius 1 is 1.35 bits per heavy atom. The third-order valence-electron chi connectivity index (χ3n) is 2.19. The highest BCUT2D eigenvalue weighted by Gasteiger charge is 2.32. The Bertz CT molecular complexity index is 351. The molecule has 0 aliphatic carbocycles. The molecule has 0 saturated carbocycles. The number of hydrogen-bond donors (Lipinski definition) is 0. The Kier molecular flexibility index (Phi) is 4.73. The lowest BCUT2D eigenvalue weighted by molar-refractivity contribution is -0.141. The van der Waals surface area contributed by atoms with Crippen LogP contribution in [0, 0.1) is 0 Å². The number of aromatic nitrogens is 2. The molecule has 0 amide bonds. The van der Waals surface area contributed by atoms with E-state index in [0.717, 1.165) is 12.5 Å². The number of alkyl halides is 4. The van der Waals surface area contributed by atoms with E-state index in [4.69, 9.17) is 0 Å². The van der Waals surface area contributed by atoms with Gasteiger partial charge in [0.15, 0.2) is 11.5 Å². The van der Waals surface area contributed by atoms with Crippen LogP contribution < -0.4 is 4.90 Å². The lowest BCUT2D eigenvalue weighted by Crippen LogP contribution is -2.22. The quantitative estimate of drug-likeness (QED) is 0.800. The summed E-state index contributed by atoms with van der Waals surface area (Å²) < 4.78 is 36.8. The van der Waals surface area contributed by atoms with Gasteiger partial charge in [0.2, 0.25) is 0 Å². The fraction of sp³-hybridized carbons (Fsp3) is 0.600. The summed E-state index contributed by atoms with van der Waals surface area (Å²) in [6, 6.07) is 2.27. The fourth-order valence-corrected chi connectivity index (χ4v) is 1.37. The van der Waals surface area contributed by atoms with E-state index in [-0.39, 0.29) is 0 Å². The first-order chi connectivity index (χ1) is 7.80. The zero-order chi connectivity index (χ0) is 13.1. The molecule has 1 aromatic rings. The van der Waals surface area contributed by atoms with Gasteiger partial charge in [0.25, 0.3) is 0 Å². The predicted molar refractivity (Wildman–Crippen MR) is 63.3 cm³/mol. The van der Waals surface area contributed by atoms with Gasteiger partial charge >= 0.3 is 6.18 Å². The van der Waals surface area contributed by atoms with Gasteiger partial charge in [-0.15, -0.1) is 10.2 Å². The second kappa shape index (κ2) is 5.66. The molecule has 1 heterocycles. The Morgan fingerprint density at radius 2 is 2.00 bits per heavy atom. The highest BCUT2D eigenvalue weighted by molar-refractivity contribution is 9.09. The van der Waals surface area contributed by atoms with E-state index in [1.165, 1.54) is 6.07 Å². The van der Waals surface area contributed by atoms with Gasteiger partial charge in [-0.1, -0.05) is 22.9 Å². The molecule has 1 unspecified atom stereocenters. The number of anilines is 1. The van der Waals surface area contributed by atoms with E-state index in [1.54, 1.807) is 11.9 Å². The minimum absolute atomic E-state index is 0.354. The van der Waals surface area contributed by atoms with E-state index < -0.39 is 11.9 Å². The summed E-state index contributed by atoms with van der Waals surface area (Å²) >= 11 is 3.40. The second-order valence-electron chi connectivity index (χ2n) is 3.77. The van der Waals surface area contributed by atoms with Gasteiger partial charge in [-0.2, -0.15) is 13.2 Å². The molecular weight excluding hydrogens is 299 g/mol. The van der Waals surface area contributed by atoms with E-state index in [0.29, 0.717) is 17.2 Å². The summed E-state index contributed by atoms with van der Waals surface area (Å²) in [6.45, 7) is 2.71. The molecule has 0 aliphatic heterocycles. The van der Waals surface area contributed by atoms with Crippen molar-refractivity contribution >= 4 is 21.7 Å². The molecule has 0 bridgehead atoms. The third kappa shape index (κ3) is 4.49. The first-order valence-corrected chi connectivity index (χ1v) is 5.98. The lowest BCUT2D eigenvalue weighted by Gasteiger charge is -2.18. The van der Waals surface area contributed by atoms with Crippen molar-refractivity contribution in [1.29, 1.82) is 0 Å². The molecule has 1 rings (SSSR count). The third-order valence-corrected chi connectivity index (χ3v) is 2.65. The molecule has 0 aromatic carbocycles. The minimum atomic E-state index is -4.44. The first-order valence-electron chi connectivity index (χ1n) is 5.07. The summed E-state index contributed by atoms with van der Waals surface area (Å²) in [4.78, 5) is 2.12. The maximum absolute atomic E-state index is 12.3. The smallest absolute Gasteiger partial charge is 0.358 e. The minimum Gasteiger partial charge on any atom is -0.358 e. The zero-order valence-corrected chi connectivity index (χ0v) is 11.1. The molecule has 3 nitrogen and oxygen atoms in total. The van der Waals surface area contributed by atoms with Gasteiger partial charge in [-0.25, -0.2) is 0 Å². The van der Waals surface area contributed by atoms with E-state index >= 15 is 0 Å². The Morgan fingerprint density at radius 3 is 2.41 bits per heavy atom. The predicted octanol–water partition coefficient (Wildman–Crippen LogP) is 3.11. The fourth-order valence-electron chi connectivity index (χ4n) is 1.17. The van der Waals surface area contributed by atoms with Crippen molar-refractivity contribution in [3.8, 4) is 0 Å². The highest BCUT2D eigenvalue weighted by atomic mass is 79.9. The Balaban J connectivity index is 2.67. The molecule has 0 radical (unpaired) electrons. The summed E-state index contributed by atoms with van der Waals surface area (Å²) in [5.41, 5.74) is -0.969. The average Bonchev–Trinajstić information content (AvgIpc) is 2.25. The largest absolute Gasteiger partial charge is 0.435 e. The molecule has 7 heteroatoms. The zero-order valence-electron chi connectivity index (χ0n) is 9.50. The van der Waals surface area contributed by atoms with Crippen LogP contribution >= 0.6 is 15.9 Å². The SMILES string of the molecule is CC(Br)CCN(C)c1ccc(C(F)(F)F)nn1. The Hall–Kier alpha value is -0.850. The van der Waals surface area contributed by atoms with Crippen molar-refractivity contribution in [3.05, 3.63) is 17.8 Å². The summed E-state index contributed by atoms with van der Waals surface area (Å²) in [5.74, 6) is 0.436.